The van der Waals surface area contributed by atoms with Gasteiger partial charge in [0, 0.05) is 19.5 Å². The minimum Gasteiger partial charge on any atom is -0.281 e. The van der Waals surface area contributed by atoms with Crippen LogP contribution in [0.5, 0.6) is 0 Å². The topological polar surface area (TPSA) is 89.8 Å². The molecular weight excluding hydrogens is 252 g/mol. The molecule has 1 heterocycles. The average Bonchev–Trinajstić information content (AvgIpc) is 2.70. The largest absolute Gasteiger partial charge is 0.281 e. The molecule has 0 unspecified atom stereocenters. The van der Waals surface area contributed by atoms with Crippen LogP contribution in [0, 0.1) is 24.2 Å². The summed E-state index contributed by atoms with van der Waals surface area (Å²) >= 11 is 0. The highest BCUT2D eigenvalue weighted by atomic mass is 32.2. The Hall–Kier alpha value is -1.39. The Bertz CT molecular complexity index is 527. The smallest absolute Gasteiger partial charge is 0.246 e. The Morgan fingerprint density at radius 3 is 2.67 bits per heavy atom. The third kappa shape index (κ3) is 3.31. The van der Waals surface area contributed by atoms with E-state index in [9.17, 15) is 8.42 Å². The lowest BCUT2D eigenvalue weighted by atomic mass is 10.2. The fourth-order valence-electron chi connectivity index (χ4n) is 1.63. The predicted octanol–water partition coefficient (Wildman–Crippen LogP) is 1.28. The normalized spacial score (nSPS) is 12.0. The number of nitrogens with zero attached hydrogens (tertiary/aromatic N) is 3. The summed E-state index contributed by atoms with van der Waals surface area (Å²) in [6.45, 7) is 6.15. The lowest BCUT2D eigenvalue weighted by Gasteiger charge is -2.22. The van der Waals surface area contributed by atoms with Crippen LogP contribution >= 0.6 is 0 Å². The number of nitriles is 1. The minimum atomic E-state index is -3.57. The van der Waals surface area contributed by atoms with Gasteiger partial charge in [-0.1, -0.05) is 13.8 Å². The zero-order chi connectivity index (χ0) is 13.8. The maximum Gasteiger partial charge on any atom is 0.246 e. The summed E-state index contributed by atoms with van der Waals surface area (Å²) in [5, 5.41) is 15.0. The second kappa shape index (κ2) is 5.98. The molecule has 0 aliphatic rings. The summed E-state index contributed by atoms with van der Waals surface area (Å²) in [6.07, 6.45) is 1.49. The molecule has 100 valence electrons. The average molecular weight is 270 g/mol. The lowest BCUT2D eigenvalue weighted by Crippen LogP contribution is -2.35. The van der Waals surface area contributed by atoms with E-state index in [4.69, 9.17) is 5.26 Å². The summed E-state index contributed by atoms with van der Waals surface area (Å²) < 4.78 is 26.2. The SMILES string of the molecule is Cc1[nH]ncc1S(=O)(=O)N(CCC#N)CC(C)C. The molecule has 6 nitrogen and oxygen atoms in total. The van der Waals surface area contributed by atoms with Gasteiger partial charge in [-0.25, -0.2) is 8.42 Å². The van der Waals surface area contributed by atoms with E-state index < -0.39 is 10.0 Å². The van der Waals surface area contributed by atoms with E-state index >= 15 is 0 Å². The van der Waals surface area contributed by atoms with Gasteiger partial charge in [-0.05, 0) is 12.8 Å². The van der Waals surface area contributed by atoms with Crippen LogP contribution in [0.25, 0.3) is 0 Å². The quantitative estimate of drug-likeness (QED) is 0.843. The van der Waals surface area contributed by atoms with Crippen molar-refractivity contribution in [1.82, 2.24) is 14.5 Å². The van der Waals surface area contributed by atoms with E-state index in [1.165, 1.54) is 10.5 Å². The second-order valence-corrected chi connectivity index (χ2v) is 6.43. The van der Waals surface area contributed by atoms with Gasteiger partial charge < -0.3 is 0 Å². The Labute approximate surface area is 108 Å². The van der Waals surface area contributed by atoms with Crippen LogP contribution in [0.3, 0.4) is 0 Å². The molecule has 1 aromatic heterocycles. The van der Waals surface area contributed by atoms with E-state index in [0.29, 0.717) is 12.2 Å². The molecule has 0 radical (unpaired) electrons. The van der Waals surface area contributed by atoms with Gasteiger partial charge in [0.1, 0.15) is 4.90 Å². The van der Waals surface area contributed by atoms with Gasteiger partial charge in [0.05, 0.1) is 18.0 Å². The second-order valence-electron chi connectivity index (χ2n) is 4.52. The minimum absolute atomic E-state index is 0.182. The van der Waals surface area contributed by atoms with Crippen LogP contribution in [-0.4, -0.2) is 36.0 Å². The van der Waals surface area contributed by atoms with E-state index in [2.05, 4.69) is 10.2 Å². The number of aryl methyl sites for hydroxylation is 1. The first kappa shape index (κ1) is 14.7. The molecule has 0 bridgehead atoms. The highest BCUT2D eigenvalue weighted by Gasteiger charge is 2.27. The molecule has 0 saturated carbocycles. The zero-order valence-electron chi connectivity index (χ0n) is 10.8. The van der Waals surface area contributed by atoms with E-state index in [-0.39, 0.29) is 23.8 Å². The summed E-state index contributed by atoms with van der Waals surface area (Å²) in [7, 11) is -3.57. The third-order valence-corrected chi connectivity index (χ3v) is 4.42. The van der Waals surface area contributed by atoms with Crippen LogP contribution in [0.1, 0.15) is 26.0 Å². The molecule has 0 aliphatic heterocycles. The van der Waals surface area contributed by atoms with Crippen LogP contribution in [-0.2, 0) is 10.0 Å². The van der Waals surface area contributed by atoms with Crippen LogP contribution in [0.15, 0.2) is 11.1 Å². The zero-order valence-corrected chi connectivity index (χ0v) is 11.7. The van der Waals surface area contributed by atoms with Gasteiger partial charge in [0.15, 0.2) is 0 Å². The number of hydrogen-bond donors (Lipinski definition) is 1. The number of sulfonamides is 1. The standard InChI is InChI=1S/C11H18N4O2S/c1-9(2)8-15(6-4-5-12)18(16,17)11-7-13-14-10(11)3/h7,9H,4,6,8H2,1-3H3,(H,13,14). The molecular formula is C11H18N4O2S. The highest BCUT2D eigenvalue weighted by molar-refractivity contribution is 7.89. The van der Waals surface area contributed by atoms with E-state index in [0.717, 1.165) is 0 Å². The molecule has 0 aromatic carbocycles. The summed E-state index contributed by atoms with van der Waals surface area (Å²) in [5.74, 6) is 0.200. The van der Waals surface area contributed by atoms with Crippen molar-refractivity contribution in [2.45, 2.75) is 32.1 Å². The summed E-state index contributed by atoms with van der Waals surface area (Å²) in [5.41, 5.74) is 0.515. The number of hydrogen-bond acceptors (Lipinski definition) is 4. The molecule has 0 spiro atoms. The molecule has 1 aromatic rings. The molecule has 0 atom stereocenters. The van der Waals surface area contributed by atoms with Crippen molar-refractivity contribution in [2.75, 3.05) is 13.1 Å². The number of H-pyrrole nitrogens is 1. The number of aromatic nitrogens is 2. The molecule has 0 fully saturated rings. The molecule has 0 amide bonds. The van der Waals surface area contributed by atoms with Crippen LogP contribution in [0.4, 0.5) is 0 Å². The van der Waals surface area contributed by atoms with E-state index in [1.807, 2.05) is 19.9 Å². The van der Waals surface area contributed by atoms with Crippen molar-refractivity contribution in [3.8, 4) is 6.07 Å². The Balaban J connectivity index is 3.04. The van der Waals surface area contributed by atoms with Crippen LogP contribution in [0.2, 0.25) is 0 Å². The molecule has 1 N–H and O–H groups in total. The monoisotopic (exact) mass is 270 g/mol. The van der Waals surface area contributed by atoms with Crippen LogP contribution < -0.4 is 0 Å². The van der Waals surface area contributed by atoms with E-state index in [1.54, 1.807) is 6.92 Å². The van der Waals surface area contributed by atoms with Crippen molar-refractivity contribution >= 4 is 10.0 Å². The first-order valence-corrected chi connectivity index (χ1v) is 7.20. The Morgan fingerprint density at radius 1 is 1.56 bits per heavy atom. The van der Waals surface area contributed by atoms with Gasteiger partial charge in [0.25, 0.3) is 0 Å². The van der Waals surface area contributed by atoms with Gasteiger partial charge in [-0.15, -0.1) is 0 Å². The molecule has 18 heavy (non-hydrogen) atoms. The van der Waals surface area contributed by atoms with Crippen molar-refractivity contribution in [3.63, 3.8) is 0 Å². The van der Waals surface area contributed by atoms with Crippen molar-refractivity contribution < 1.29 is 8.42 Å². The fraction of sp³-hybridized carbons (Fsp3) is 0.636. The number of aromatic amines is 1. The van der Waals surface area contributed by atoms with Crippen molar-refractivity contribution in [2.24, 2.45) is 5.92 Å². The highest BCUT2D eigenvalue weighted by Crippen LogP contribution is 2.19. The molecule has 0 aliphatic carbocycles. The first-order chi connectivity index (χ1) is 8.39. The van der Waals surface area contributed by atoms with Crippen molar-refractivity contribution in [1.29, 1.82) is 5.26 Å². The Kier molecular flexibility index (Phi) is 4.87. The molecule has 7 heteroatoms. The van der Waals surface area contributed by atoms with Gasteiger partial charge >= 0.3 is 0 Å². The molecule has 1 rings (SSSR count). The Morgan fingerprint density at radius 2 is 2.22 bits per heavy atom. The van der Waals surface area contributed by atoms with Crippen molar-refractivity contribution in [3.05, 3.63) is 11.9 Å². The first-order valence-electron chi connectivity index (χ1n) is 5.76. The maximum absolute atomic E-state index is 12.4. The third-order valence-electron chi connectivity index (χ3n) is 2.44. The van der Waals surface area contributed by atoms with Gasteiger partial charge in [0.2, 0.25) is 10.0 Å². The lowest BCUT2D eigenvalue weighted by molar-refractivity contribution is 0.372. The fourth-order valence-corrected chi connectivity index (χ4v) is 3.35. The van der Waals surface area contributed by atoms with Gasteiger partial charge in [-0.2, -0.15) is 14.7 Å². The summed E-state index contributed by atoms with van der Waals surface area (Å²) in [6, 6.07) is 1.97. The maximum atomic E-state index is 12.4. The predicted molar refractivity (Wildman–Crippen MR) is 67.2 cm³/mol. The number of rotatable bonds is 6. The number of nitrogens with one attached hydrogen (secondary N) is 1. The summed E-state index contributed by atoms with van der Waals surface area (Å²) in [4.78, 5) is 0.182. The molecule has 0 saturated heterocycles. The van der Waals surface area contributed by atoms with Gasteiger partial charge in [-0.3, -0.25) is 5.10 Å².